The lowest BCUT2D eigenvalue weighted by atomic mass is 10.2. The monoisotopic (exact) mass is 201 g/mol. The van der Waals surface area contributed by atoms with E-state index in [4.69, 9.17) is 10.8 Å². The van der Waals surface area contributed by atoms with Gasteiger partial charge in [0, 0.05) is 32.7 Å². The molecule has 0 aromatic carbocycles. The van der Waals surface area contributed by atoms with E-state index in [1.165, 1.54) is 0 Å². The van der Waals surface area contributed by atoms with Crippen LogP contribution in [0.1, 0.15) is 6.42 Å². The number of carboxylic acids is 1. The Bertz CT molecular complexity index is 190. The highest BCUT2D eigenvalue weighted by molar-refractivity contribution is 5.72. The van der Waals surface area contributed by atoms with E-state index < -0.39 is 12.0 Å². The molecule has 0 spiro atoms. The van der Waals surface area contributed by atoms with Crippen molar-refractivity contribution in [2.75, 3.05) is 39.8 Å². The van der Waals surface area contributed by atoms with Gasteiger partial charge in [-0.1, -0.05) is 0 Å². The van der Waals surface area contributed by atoms with Gasteiger partial charge in [0.1, 0.15) is 6.04 Å². The number of carbonyl (C=O) groups is 1. The predicted octanol–water partition coefficient (Wildman–Crippen LogP) is -0.964. The highest BCUT2D eigenvalue weighted by Gasteiger charge is 2.16. The molecule has 0 aromatic rings. The SMILES string of the molecule is CN1CCN(CC[C@H](N)C(=O)O)CC1. The van der Waals surface area contributed by atoms with Crippen LogP contribution in [0.25, 0.3) is 0 Å². The molecule has 0 amide bonds. The average Bonchev–Trinajstić information content (AvgIpc) is 2.16. The zero-order valence-electron chi connectivity index (χ0n) is 8.65. The number of aliphatic carboxylic acids is 1. The first-order valence-electron chi connectivity index (χ1n) is 4.99. The summed E-state index contributed by atoms with van der Waals surface area (Å²) < 4.78 is 0. The first-order valence-corrected chi connectivity index (χ1v) is 4.99. The van der Waals surface area contributed by atoms with Gasteiger partial charge in [0.25, 0.3) is 0 Å². The average molecular weight is 201 g/mol. The van der Waals surface area contributed by atoms with Crippen molar-refractivity contribution in [1.82, 2.24) is 9.80 Å². The van der Waals surface area contributed by atoms with E-state index in [-0.39, 0.29) is 0 Å². The molecule has 1 saturated heterocycles. The molecule has 0 radical (unpaired) electrons. The molecule has 1 atom stereocenters. The summed E-state index contributed by atoms with van der Waals surface area (Å²) in [6.45, 7) is 4.94. The van der Waals surface area contributed by atoms with E-state index in [1.54, 1.807) is 0 Å². The Kier molecular flexibility index (Phi) is 4.31. The molecule has 1 aliphatic heterocycles. The number of rotatable bonds is 4. The van der Waals surface area contributed by atoms with E-state index in [0.717, 1.165) is 32.7 Å². The van der Waals surface area contributed by atoms with Crippen molar-refractivity contribution in [3.63, 3.8) is 0 Å². The van der Waals surface area contributed by atoms with Crippen LogP contribution in [0.5, 0.6) is 0 Å². The minimum atomic E-state index is -0.904. The van der Waals surface area contributed by atoms with Crippen LogP contribution in [-0.2, 0) is 4.79 Å². The number of likely N-dealkylation sites (N-methyl/N-ethyl adjacent to an activating group) is 1. The van der Waals surface area contributed by atoms with Crippen molar-refractivity contribution in [3.8, 4) is 0 Å². The smallest absolute Gasteiger partial charge is 0.320 e. The maximum atomic E-state index is 10.5. The normalized spacial score (nSPS) is 22.1. The van der Waals surface area contributed by atoms with Crippen LogP contribution in [0, 0.1) is 0 Å². The Labute approximate surface area is 84.5 Å². The maximum Gasteiger partial charge on any atom is 0.320 e. The zero-order valence-corrected chi connectivity index (χ0v) is 8.65. The van der Waals surface area contributed by atoms with Gasteiger partial charge in [0.15, 0.2) is 0 Å². The minimum absolute atomic E-state index is 0.541. The molecule has 1 aliphatic rings. The van der Waals surface area contributed by atoms with Crippen LogP contribution in [0.2, 0.25) is 0 Å². The number of nitrogens with zero attached hydrogens (tertiary/aromatic N) is 2. The first kappa shape index (κ1) is 11.4. The second-order valence-electron chi connectivity index (χ2n) is 3.88. The van der Waals surface area contributed by atoms with Crippen molar-refractivity contribution < 1.29 is 9.90 Å². The summed E-state index contributed by atoms with van der Waals surface area (Å²) in [5.74, 6) is -0.904. The van der Waals surface area contributed by atoms with Crippen molar-refractivity contribution in [2.24, 2.45) is 5.73 Å². The summed E-state index contributed by atoms with van der Waals surface area (Å²) >= 11 is 0. The van der Waals surface area contributed by atoms with Crippen LogP contribution in [0.15, 0.2) is 0 Å². The Morgan fingerprint density at radius 2 is 2.00 bits per heavy atom. The minimum Gasteiger partial charge on any atom is -0.480 e. The maximum absolute atomic E-state index is 10.5. The fourth-order valence-electron chi connectivity index (χ4n) is 1.52. The Hall–Kier alpha value is -0.650. The molecule has 0 aliphatic carbocycles. The largest absolute Gasteiger partial charge is 0.480 e. The molecule has 0 aromatic heterocycles. The molecule has 1 rings (SSSR count). The van der Waals surface area contributed by atoms with Gasteiger partial charge < -0.3 is 20.6 Å². The quantitative estimate of drug-likeness (QED) is 0.613. The number of piperazine rings is 1. The van der Waals surface area contributed by atoms with E-state index in [1.807, 2.05) is 0 Å². The van der Waals surface area contributed by atoms with Crippen molar-refractivity contribution in [3.05, 3.63) is 0 Å². The second-order valence-corrected chi connectivity index (χ2v) is 3.88. The van der Waals surface area contributed by atoms with Gasteiger partial charge in [-0.15, -0.1) is 0 Å². The molecular formula is C9H19N3O2. The van der Waals surface area contributed by atoms with Gasteiger partial charge in [-0.2, -0.15) is 0 Å². The van der Waals surface area contributed by atoms with Crippen LogP contribution in [0.3, 0.4) is 0 Å². The highest BCUT2D eigenvalue weighted by Crippen LogP contribution is 2.01. The van der Waals surface area contributed by atoms with Gasteiger partial charge in [-0.25, -0.2) is 0 Å². The number of nitrogens with two attached hydrogens (primary N) is 1. The second kappa shape index (κ2) is 5.29. The third kappa shape index (κ3) is 3.61. The predicted molar refractivity (Wildman–Crippen MR) is 54.2 cm³/mol. The van der Waals surface area contributed by atoms with Crippen LogP contribution < -0.4 is 5.73 Å². The van der Waals surface area contributed by atoms with Crippen molar-refractivity contribution >= 4 is 5.97 Å². The van der Waals surface area contributed by atoms with Gasteiger partial charge in [0.2, 0.25) is 0 Å². The Balaban J connectivity index is 2.16. The van der Waals surface area contributed by atoms with Gasteiger partial charge in [-0.05, 0) is 13.5 Å². The lowest BCUT2D eigenvalue weighted by Gasteiger charge is -2.32. The third-order valence-electron chi connectivity index (χ3n) is 2.67. The summed E-state index contributed by atoms with van der Waals surface area (Å²) in [4.78, 5) is 15.0. The molecule has 3 N–H and O–H groups in total. The molecule has 82 valence electrons. The molecular weight excluding hydrogens is 182 g/mol. The van der Waals surface area contributed by atoms with Gasteiger partial charge in [0.05, 0.1) is 0 Å². The lowest BCUT2D eigenvalue weighted by molar-refractivity contribution is -0.138. The molecule has 0 bridgehead atoms. The molecule has 5 nitrogen and oxygen atoms in total. The zero-order chi connectivity index (χ0) is 10.6. The molecule has 0 saturated carbocycles. The number of hydrogen-bond acceptors (Lipinski definition) is 4. The lowest BCUT2D eigenvalue weighted by Crippen LogP contribution is -2.46. The molecule has 1 heterocycles. The molecule has 0 unspecified atom stereocenters. The van der Waals surface area contributed by atoms with Crippen molar-refractivity contribution in [2.45, 2.75) is 12.5 Å². The van der Waals surface area contributed by atoms with Crippen molar-refractivity contribution in [1.29, 1.82) is 0 Å². The van der Waals surface area contributed by atoms with E-state index in [0.29, 0.717) is 6.42 Å². The first-order chi connectivity index (χ1) is 6.59. The van der Waals surface area contributed by atoms with E-state index in [9.17, 15) is 4.79 Å². The summed E-state index contributed by atoms with van der Waals surface area (Å²) in [5, 5.41) is 8.60. The topological polar surface area (TPSA) is 69.8 Å². The Morgan fingerprint density at radius 1 is 1.43 bits per heavy atom. The number of carboxylic acid groups (broad SMARTS) is 1. The van der Waals surface area contributed by atoms with Gasteiger partial charge >= 0.3 is 5.97 Å². The molecule has 14 heavy (non-hydrogen) atoms. The summed E-state index contributed by atoms with van der Waals surface area (Å²) in [6, 6.07) is -0.713. The van der Waals surface area contributed by atoms with E-state index in [2.05, 4.69) is 16.8 Å². The van der Waals surface area contributed by atoms with Gasteiger partial charge in [-0.3, -0.25) is 4.79 Å². The summed E-state index contributed by atoms with van der Waals surface area (Å²) in [5.41, 5.74) is 5.42. The number of hydrogen-bond donors (Lipinski definition) is 2. The fourth-order valence-corrected chi connectivity index (χ4v) is 1.52. The summed E-state index contributed by atoms with van der Waals surface area (Å²) in [6.07, 6.45) is 0.541. The molecule has 5 heteroatoms. The Morgan fingerprint density at radius 3 is 2.50 bits per heavy atom. The van der Waals surface area contributed by atoms with E-state index >= 15 is 0 Å². The summed E-state index contributed by atoms with van der Waals surface area (Å²) in [7, 11) is 2.10. The highest BCUT2D eigenvalue weighted by atomic mass is 16.4. The van der Waals surface area contributed by atoms with Crippen LogP contribution in [0.4, 0.5) is 0 Å². The third-order valence-corrected chi connectivity index (χ3v) is 2.67. The standard InChI is InChI=1S/C9H19N3O2/c1-11-4-6-12(7-5-11)3-2-8(10)9(13)14/h8H,2-7,10H2,1H3,(H,13,14)/t8-/m0/s1. The van der Waals surface area contributed by atoms with Crippen LogP contribution in [-0.4, -0.2) is 66.7 Å². The van der Waals surface area contributed by atoms with Crippen LogP contribution >= 0.6 is 0 Å². The fraction of sp³-hybridized carbons (Fsp3) is 0.889. The molecule has 1 fully saturated rings.